The molecule has 0 spiro atoms. The van der Waals surface area contributed by atoms with E-state index in [0.29, 0.717) is 0 Å². The molecule has 1 rings (SSSR count). The molecule has 0 fully saturated rings. The number of carbonyl (C=O) groups is 1. The van der Waals surface area contributed by atoms with Gasteiger partial charge in [0.1, 0.15) is 6.33 Å². The number of hydrogen-bond acceptors (Lipinski definition) is 4. The van der Waals surface area contributed by atoms with Gasteiger partial charge >= 0.3 is 5.97 Å². The smallest absolute Gasteiger partial charge is 0.338 e. The third-order valence-corrected chi connectivity index (χ3v) is 0.808. The van der Waals surface area contributed by atoms with Gasteiger partial charge in [0.05, 0.1) is 5.56 Å². The van der Waals surface area contributed by atoms with Crippen molar-refractivity contribution in [2.45, 2.75) is 0 Å². The summed E-state index contributed by atoms with van der Waals surface area (Å²) in [6.07, 6.45) is 3.77. The fourth-order valence-electron chi connectivity index (χ4n) is 0.410. The first-order chi connectivity index (χ1) is 6.04. The van der Waals surface area contributed by atoms with E-state index in [4.69, 9.17) is 5.11 Å². The van der Waals surface area contributed by atoms with Crippen LogP contribution in [0.3, 0.4) is 0 Å². The highest BCUT2D eigenvalue weighted by Crippen LogP contribution is 1.89. The van der Waals surface area contributed by atoms with Gasteiger partial charge in [0.15, 0.2) is 0 Å². The van der Waals surface area contributed by atoms with Gasteiger partial charge in [-0.2, -0.15) is 0 Å². The number of rotatable bonds is 1. The molecule has 0 aliphatic heterocycles. The Kier molecular flexibility index (Phi) is 5.38. The number of nitrogens with zero attached hydrogens (tertiary/aromatic N) is 3. The van der Waals surface area contributed by atoms with Gasteiger partial charge in [0.25, 0.3) is 0 Å². The van der Waals surface area contributed by atoms with E-state index in [0.717, 1.165) is 0 Å². The van der Waals surface area contributed by atoms with Crippen LogP contribution < -0.4 is 0 Å². The number of hydrogen-bond donors (Lipinski definition) is 1. The average molecular weight is 183 g/mol. The predicted octanol–water partition coefficient (Wildman–Crippen LogP) is 0.353. The summed E-state index contributed by atoms with van der Waals surface area (Å²) < 4.78 is 0. The molecule has 0 bridgehead atoms. The highest BCUT2D eigenvalue weighted by atomic mass is 16.4. The second-order valence-electron chi connectivity index (χ2n) is 2.77. The molecule has 13 heavy (non-hydrogen) atoms. The zero-order chi connectivity index (χ0) is 10.3. The summed E-state index contributed by atoms with van der Waals surface area (Å²) in [4.78, 5) is 19.1. The molecule has 0 amide bonds. The zero-order valence-corrected chi connectivity index (χ0v) is 7.93. The van der Waals surface area contributed by atoms with Gasteiger partial charge in [0.2, 0.25) is 0 Å². The number of aromatic carboxylic acids is 1. The standard InChI is InChI=1S/C5H4N2O2.C3H9N/c8-5(9)4-1-6-3-7-2-4;1-4(2)3/h1-3H,(H,8,9);1-3H3. The van der Waals surface area contributed by atoms with Crippen molar-refractivity contribution in [2.24, 2.45) is 0 Å². The van der Waals surface area contributed by atoms with E-state index in [2.05, 4.69) is 9.97 Å². The van der Waals surface area contributed by atoms with Crippen molar-refractivity contribution in [1.29, 1.82) is 0 Å². The molecule has 1 aromatic rings. The second kappa shape index (κ2) is 6.07. The van der Waals surface area contributed by atoms with Crippen molar-refractivity contribution in [3.63, 3.8) is 0 Å². The number of carboxylic acid groups (broad SMARTS) is 1. The van der Waals surface area contributed by atoms with E-state index in [1.165, 1.54) is 18.7 Å². The monoisotopic (exact) mass is 183 g/mol. The summed E-state index contributed by atoms with van der Waals surface area (Å²) in [6.45, 7) is 0. The first kappa shape index (κ1) is 11.5. The Morgan fingerprint density at radius 2 is 1.69 bits per heavy atom. The van der Waals surface area contributed by atoms with Gasteiger partial charge in [-0.1, -0.05) is 0 Å². The maximum absolute atomic E-state index is 10.1. The molecule has 0 aliphatic rings. The average Bonchev–Trinajstić information content (AvgIpc) is 2.05. The van der Waals surface area contributed by atoms with Crippen molar-refractivity contribution in [3.8, 4) is 0 Å². The lowest BCUT2D eigenvalue weighted by molar-refractivity contribution is 0.0696. The van der Waals surface area contributed by atoms with Crippen LogP contribution in [0.4, 0.5) is 0 Å². The molecule has 0 unspecified atom stereocenters. The zero-order valence-electron chi connectivity index (χ0n) is 7.93. The third kappa shape index (κ3) is 6.89. The molecule has 1 heterocycles. The SMILES string of the molecule is CN(C)C.O=C(O)c1cncnc1. The molecular formula is C8H13N3O2. The Morgan fingerprint density at radius 1 is 1.31 bits per heavy atom. The summed E-state index contributed by atoms with van der Waals surface area (Å²) in [5.74, 6) is -1.00. The minimum Gasteiger partial charge on any atom is -0.478 e. The van der Waals surface area contributed by atoms with Crippen molar-refractivity contribution >= 4 is 5.97 Å². The minimum atomic E-state index is -1.00. The Labute approximate surface area is 77.1 Å². The third-order valence-electron chi connectivity index (χ3n) is 0.808. The summed E-state index contributed by atoms with van der Waals surface area (Å²) in [6, 6.07) is 0. The van der Waals surface area contributed by atoms with E-state index in [1.807, 2.05) is 26.0 Å². The normalized spacial score (nSPS) is 8.92. The first-order valence-corrected chi connectivity index (χ1v) is 3.63. The first-order valence-electron chi connectivity index (χ1n) is 3.63. The lowest BCUT2D eigenvalue weighted by atomic mass is 10.4. The van der Waals surface area contributed by atoms with E-state index in [-0.39, 0.29) is 5.56 Å². The van der Waals surface area contributed by atoms with Gasteiger partial charge in [-0.3, -0.25) is 0 Å². The van der Waals surface area contributed by atoms with E-state index >= 15 is 0 Å². The fraction of sp³-hybridized carbons (Fsp3) is 0.375. The minimum absolute atomic E-state index is 0.109. The maximum Gasteiger partial charge on any atom is 0.338 e. The largest absolute Gasteiger partial charge is 0.478 e. The van der Waals surface area contributed by atoms with E-state index < -0.39 is 5.97 Å². The highest BCUT2D eigenvalue weighted by Gasteiger charge is 1.98. The molecule has 5 nitrogen and oxygen atoms in total. The molecule has 5 heteroatoms. The fourth-order valence-corrected chi connectivity index (χ4v) is 0.410. The van der Waals surface area contributed by atoms with Crippen LogP contribution >= 0.6 is 0 Å². The van der Waals surface area contributed by atoms with Crippen LogP contribution in [-0.2, 0) is 0 Å². The molecule has 0 radical (unpaired) electrons. The summed E-state index contributed by atoms with van der Waals surface area (Å²) in [5.41, 5.74) is 0.109. The van der Waals surface area contributed by atoms with Crippen LogP contribution in [0.25, 0.3) is 0 Å². The highest BCUT2D eigenvalue weighted by molar-refractivity contribution is 5.86. The van der Waals surface area contributed by atoms with Gasteiger partial charge in [-0.15, -0.1) is 0 Å². The summed E-state index contributed by atoms with van der Waals surface area (Å²) >= 11 is 0. The van der Waals surface area contributed by atoms with Crippen molar-refractivity contribution in [1.82, 2.24) is 14.9 Å². The predicted molar refractivity (Wildman–Crippen MR) is 48.6 cm³/mol. The van der Waals surface area contributed by atoms with Crippen LogP contribution in [-0.4, -0.2) is 47.1 Å². The molecule has 1 N–H and O–H groups in total. The molecule has 0 aliphatic carbocycles. The van der Waals surface area contributed by atoms with Gasteiger partial charge in [0, 0.05) is 12.4 Å². The van der Waals surface area contributed by atoms with Crippen LogP contribution in [0, 0.1) is 0 Å². The van der Waals surface area contributed by atoms with Crippen LogP contribution in [0.5, 0.6) is 0 Å². The summed E-state index contributed by atoms with van der Waals surface area (Å²) in [7, 11) is 6.00. The molecule has 1 aromatic heterocycles. The van der Waals surface area contributed by atoms with Crippen LogP contribution in [0.2, 0.25) is 0 Å². The van der Waals surface area contributed by atoms with Crippen molar-refractivity contribution in [2.75, 3.05) is 21.1 Å². The number of aromatic nitrogens is 2. The molecule has 0 saturated carbocycles. The Morgan fingerprint density at radius 3 is 1.92 bits per heavy atom. The van der Waals surface area contributed by atoms with Crippen LogP contribution in [0.1, 0.15) is 10.4 Å². The topological polar surface area (TPSA) is 66.3 Å². The lowest BCUT2D eigenvalue weighted by Crippen LogP contribution is -1.99. The maximum atomic E-state index is 10.1. The summed E-state index contributed by atoms with van der Waals surface area (Å²) in [5, 5.41) is 8.30. The molecule has 0 aromatic carbocycles. The quantitative estimate of drug-likeness (QED) is 0.680. The molecule has 0 atom stereocenters. The second-order valence-corrected chi connectivity index (χ2v) is 2.77. The lowest BCUT2D eigenvalue weighted by Gasteiger charge is -1.90. The van der Waals surface area contributed by atoms with Crippen molar-refractivity contribution in [3.05, 3.63) is 24.3 Å². The van der Waals surface area contributed by atoms with Gasteiger partial charge < -0.3 is 10.0 Å². The van der Waals surface area contributed by atoms with E-state index in [9.17, 15) is 4.79 Å². The Hall–Kier alpha value is -1.49. The van der Waals surface area contributed by atoms with Gasteiger partial charge in [-0.25, -0.2) is 14.8 Å². The van der Waals surface area contributed by atoms with Gasteiger partial charge in [-0.05, 0) is 21.1 Å². The van der Waals surface area contributed by atoms with Crippen molar-refractivity contribution < 1.29 is 9.90 Å². The Bertz CT molecular complexity index is 246. The number of carboxylic acids is 1. The Balaban J connectivity index is 0.000000310. The molecule has 0 saturated heterocycles. The van der Waals surface area contributed by atoms with E-state index in [1.54, 1.807) is 0 Å². The molecular weight excluding hydrogens is 170 g/mol. The van der Waals surface area contributed by atoms with Crippen LogP contribution in [0.15, 0.2) is 18.7 Å². The molecule has 72 valence electrons.